The van der Waals surface area contributed by atoms with Gasteiger partial charge in [-0.05, 0) is 48.9 Å². The first kappa shape index (κ1) is 13.9. The molecule has 4 heterocycles. The summed E-state index contributed by atoms with van der Waals surface area (Å²) in [5.41, 5.74) is 3.57. The highest BCUT2D eigenvalue weighted by Gasteiger charge is 2.26. The molecule has 24 heavy (non-hydrogen) atoms. The Bertz CT molecular complexity index is 1030. The zero-order chi connectivity index (χ0) is 16.1. The Balaban J connectivity index is 1.47. The molecule has 120 valence electrons. The molecular formula is C18H17N5S. The van der Waals surface area contributed by atoms with Crippen LogP contribution in [0.5, 0.6) is 0 Å². The molecule has 1 atom stereocenters. The molecular weight excluding hydrogens is 318 g/mol. The summed E-state index contributed by atoms with van der Waals surface area (Å²) in [5, 5.41) is 6.64. The SMILES string of the molecule is CC(Nc1ncnc2sccc12)c1ccn2c(C3CC3)cnc2c1. The molecule has 1 N–H and O–H groups in total. The van der Waals surface area contributed by atoms with Crippen LogP contribution in [0.25, 0.3) is 15.9 Å². The fourth-order valence-corrected chi connectivity index (χ4v) is 3.89. The minimum absolute atomic E-state index is 0.147. The van der Waals surface area contributed by atoms with Gasteiger partial charge in [-0.15, -0.1) is 11.3 Å². The Morgan fingerprint density at radius 2 is 2.17 bits per heavy atom. The van der Waals surface area contributed by atoms with E-state index in [4.69, 9.17) is 0 Å². The van der Waals surface area contributed by atoms with Crippen molar-refractivity contribution < 1.29 is 0 Å². The molecule has 0 radical (unpaired) electrons. The van der Waals surface area contributed by atoms with Crippen molar-refractivity contribution in [2.24, 2.45) is 0 Å². The number of hydrogen-bond acceptors (Lipinski definition) is 5. The van der Waals surface area contributed by atoms with Gasteiger partial charge in [-0.1, -0.05) is 0 Å². The van der Waals surface area contributed by atoms with Crippen LogP contribution in [0.1, 0.15) is 43.0 Å². The first-order valence-electron chi connectivity index (χ1n) is 8.21. The first-order chi connectivity index (χ1) is 11.8. The van der Waals surface area contributed by atoms with E-state index in [1.807, 2.05) is 11.6 Å². The Morgan fingerprint density at radius 1 is 1.25 bits per heavy atom. The quantitative estimate of drug-likeness (QED) is 0.601. The van der Waals surface area contributed by atoms with E-state index in [1.54, 1.807) is 17.7 Å². The molecule has 5 nitrogen and oxygen atoms in total. The van der Waals surface area contributed by atoms with Crippen LogP contribution in [-0.2, 0) is 0 Å². The molecule has 0 bridgehead atoms. The predicted molar refractivity (Wildman–Crippen MR) is 96.6 cm³/mol. The largest absolute Gasteiger partial charge is 0.363 e. The standard InChI is InChI=1S/C18H17N5S/c1-11(22-17-14-5-7-24-18(14)21-10-20-17)13-4-6-23-15(12-2-3-12)9-19-16(23)8-13/h4-12H,2-3H2,1H3,(H,20,21,22). The van der Waals surface area contributed by atoms with E-state index in [-0.39, 0.29) is 6.04 Å². The van der Waals surface area contributed by atoms with Crippen molar-refractivity contribution in [3.63, 3.8) is 0 Å². The van der Waals surface area contributed by atoms with Crippen molar-refractivity contribution >= 4 is 33.0 Å². The van der Waals surface area contributed by atoms with Crippen molar-refractivity contribution in [1.29, 1.82) is 0 Å². The predicted octanol–water partition coefficient (Wildman–Crippen LogP) is 4.39. The van der Waals surface area contributed by atoms with Crippen LogP contribution < -0.4 is 5.32 Å². The van der Waals surface area contributed by atoms with Gasteiger partial charge in [-0.2, -0.15) is 0 Å². The van der Waals surface area contributed by atoms with Gasteiger partial charge in [0.1, 0.15) is 22.6 Å². The fraction of sp³-hybridized carbons (Fsp3) is 0.278. The molecule has 1 unspecified atom stereocenters. The monoisotopic (exact) mass is 335 g/mol. The van der Waals surface area contributed by atoms with Crippen molar-refractivity contribution in [3.8, 4) is 0 Å². The van der Waals surface area contributed by atoms with E-state index in [2.05, 4.69) is 56.0 Å². The smallest absolute Gasteiger partial charge is 0.138 e. The third kappa shape index (κ3) is 2.26. The Labute approximate surface area is 143 Å². The molecule has 4 aromatic heterocycles. The third-order valence-electron chi connectivity index (χ3n) is 4.68. The van der Waals surface area contributed by atoms with Crippen LogP contribution >= 0.6 is 11.3 Å². The van der Waals surface area contributed by atoms with E-state index in [0.29, 0.717) is 5.92 Å². The molecule has 0 aromatic carbocycles. The summed E-state index contributed by atoms with van der Waals surface area (Å²) >= 11 is 1.63. The maximum absolute atomic E-state index is 4.58. The molecule has 0 saturated heterocycles. The van der Waals surface area contributed by atoms with Crippen molar-refractivity contribution in [2.75, 3.05) is 5.32 Å². The average Bonchev–Trinajstić information content (AvgIpc) is 3.17. The van der Waals surface area contributed by atoms with Crippen molar-refractivity contribution in [3.05, 3.63) is 53.6 Å². The topological polar surface area (TPSA) is 55.1 Å². The fourth-order valence-electron chi connectivity index (χ4n) is 3.16. The summed E-state index contributed by atoms with van der Waals surface area (Å²) in [6.07, 6.45) is 8.36. The van der Waals surface area contributed by atoms with Crippen LogP contribution in [0.15, 0.2) is 42.3 Å². The van der Waals surface area contributed by atoms with Gasteiger partial charge in [0.15, 0.2) is 0 Å². The highest BCUT2D eigenvalue weighted by molar-refractivity contribution is 7.16. The number of thiophene rings is 1. The summed E-state index contributed by atoms with van der Waals surface area (Å²) in [5.74, 6) is 1.59. The Hall–Kier alpha value is -2.47. The molecule has 0 spiro atoms. The maximum atomic E-state index is 4.58. The van der Waals surface area contributed by atoms with Crippen LogP contribution in [-0.4, -0.2) is 19.4 Å². The molecule has 5 rings (SSSR count). The van der Waals surface area contributed by atoms with Crippen LogP contribution in [0.3, 0.4) is 0 Å². The highest BCUT2D eigenvalue weighted by atomic mass is 32.1. The summed E-state index contributed by atoms with van der Waals surface area (Å²) in [7, 11) is 0. The first-order valence-corrected chi connectivity index (χ1v) is 9.09. The maximum Gasteiger partial charge on any atom is 0.138 e. The van der Waals surface area contributed by atoms with Gasteiger partial charge in [0.05, 0.1) is 11.4 Å². The average molecular weight is 335 g/mol. The van der Waals surface area contributed by atoms with Gasteiger partial charge in [0.25, 0.3) is 0 Å². The number of rotatable bonds is 4. The lowest BCUT2D eigenvalue weighted by molar-refractivity contribution is 0.868. The number of nitrogens with one attached hydrogen (secondary N) is 1. The van der Waals surface area contributed by atoms with Gasteiger partial charge in [0.2, 0.25) is 0 Å². The molecule has 1 aliphatic carbocycles. The summed E-state index contributed by atoms with van der Waals surface area (Å²) in [6, 6.07) is 6.54. The lowest BCUT2D eigenvalue weighted by Crippen LogP contribution is -2.09. The van der Waals surface area contributed by atoms with Crippen molar-refractivity contribution in [2.45, 2.75) is 31.7 Å². The van der Waals surface area contributed by atoms with Gasteiger partial charge in [-0.3, -0.25) is 0 Å². The number of imidazole rings is 1. The second-order valence-corrected chi connectivity index (χ2v) is 7.27. The number of fused-ring (bicyclic) bond motifs is 2. The number of pyridine rings is 1. The Morgan fingerprint density at radius 3 is 3.04 bits per heavy atom. The molecule has 6 heteroatoms. The molecule has 1 aliphatic rings. The second-order valence-electron chi connectivity index (χ2n) is 6.37. The van der Waals surface area contributed by atoms with E-state index >= 15 is 0 Å². The molecule has 4 aromatic rings. The van der Waals surface area contributed by atoms with E-state index in [1.165, 1.54) is 24.1 Å². The zero-order valence-corrected chi connectivity index (χ0v) is 14.1. The van der Waals surface area contributed by atoms with E-state index < -0.39 is 0 Å². The second kappa shape index (κ2) is 5.27. The number of aromatic nitrogens is 4. The number of anilines is 1. The van der Waals surface area contributed by atoms with Gasteiger partial charge in [0, 0.05) is 24.0 Å². The number of nitrogens with zero attached hydrogens (tertiary/aromatic N) is 4. The van der Waals surface area contributed by atoms with E-state index in [0.717, 1.165) is 21.7 Å². The summed E-state index contributed by atoms with van der Waals surface area (Å²) < 4.78 is 2.22. The number of hydrogen-bond donors (Lipinski definition) is 1. The lowest BCUT2D eigenvalue weighted by Gasteiger charge is -2.16. The highest BCUT2D eigenvalue weighted by Crippen LogP contribution is 2.40. The van der Waals surface area contributed by atoms with Crippen LogP contribution in [0.4, 0.5) is 5.82 Å². The molecule has 1 fully saturated rings. The van der Waals surface area contributed by atoms with Gasteiger partial charge >= 0.3 is 0 Å². The zero-order valence-electron chi connectivity index (χ0n) is 13.3. The minimum atomic E-state index is 0.147. The van der Waals surface area contributed by atoms with E-state index in [9.17, 15) is 0 Å². The van der Waals surface area contributed by atoms with Crippen molar-refractivity contribution in [1.82, 2.24) is 19.4 Å². The molecule has 0 aliphatic heterocycles. The van der Waals surface area contributed by atoms with Gasteiger partial charge in [-0.25, -0.2) is 15.0 Å². The van der Waals surface area contributed by atoms with Gasteiger partial charge < -0.3 is 9.72 Å². The van der Waals surface area contributed by atoms with Crippen LogP contribution in [0, 0.1) is 0 Å². The minimum Gasteiger partial charge on any atom is -0.363 e. The molecule has 0 amide bonds. The summed E-state index contributed by atoms with van der Waals surface area (Å²) in [6.45, 7) is 2.15. The lowest BCUT2D eigenvalue weighted by atomic mass is 10.1. The summed E-state index contributed by atoms with van der Waals surface area (Å²) in [4.78, 5) is 14.3. The Kier molecular flexibility index (Phi) is 3.06. The third-order valence-corrected chi connectivity index (χ3v) is 5.50. The molecule has 1 saturated carbocycles. The van der Waals surface area contributed by atoms with Crippen LogP contribution in [0.2, 0.25) is 0 Å². The normalized spacial score (nSPS) is 15.9.